The van der Waals surface area contributed by atoms with E-state index < -0.39 is 6.09 Å². The first-order valence-electron chi connectivity index (χ1n) is 11.8. The molecule has 5 rings (SSSR count). The minimum Gasteiger partial charge on any atom is -0.444 e. The Balaban J connectivity index is 1.17. The van der Waals surface area contributed by atoms with Gasteiger partial charge in [-0.25, -0.2) is 4.79 Å². The van der Waals surface area contributed by atoms with Gasteiger partial charge >= 0.3 is 6.09 Å². The van der Waals surface area contributed by atoms with Gasteiger partial charge in [0, 0.05) is 28.4 Å². The number of rotatable bonds is 7. The Morgan fingerprint density at radius 3 is 2.22 bits per heavy atom. The van der Waals surface area contributed by atoms with Crippen LogP contribution in [0.4, 0.5) is 16.2 Å². The summed E-state index contributed by atoms with van der Waals surface area (Å²) in [5.41, 5.74) is 11.1. The molecule has 2 atom stereocenters. The van der Waals surface area contributed by atoms with E-state index in [1.807, 2.05) is 72.8 Å². The zero-order chi connectivity index (χ0) is 25.0. The summed E-state index contributed by atoms with van der Waals surface area (Å²) in [6.45, 7) is 0.167. The third kappa shape index (κ3) is 5.29. The molecule has 2 amide bonds. The van der Waals surface area contributed by atoms with Crippen molar-refractivity contribution in [2.75, 3.05) is 10.6 Å². The van der Waals surface area contributed by atoms with E-state index in [-0.39, 0.29) is 24.0 Å². The molecule has 0 aliphatic heterocycles. The minimum absolute atomic E-state index is 0.167. The van der Waals surface area contributed by atoms with Crippen molar-refractivity contribution in [3.63, 3.8) is 0 Å². The molecule has 2 unspecified atom stereocenters. The van der Waals surface area contributed by atoms with Crippen molar-refractivity contribution in [1.82, 2.24) is 0 Å². The van der Waals surface area contributed by atoms with Gasteiger partial charge in [-0.15, -0.1) is 0 Å². The average Bonchev–Trinajstić information content (AvgIpc) is 3.62. The standard InChI is InChI=1S/C30H27N3O3/c31-30(24-11-5-2-6-12-24)19-27(30)22-14-16-25(17-15-22)32-28(34)23-10-7-13-26(18-23)33-29(35)36-20-21-8-3-1-4-9-21/h1-18,27H,19-20,31H2,(H,32,34)(H,33,35). The molecule has 1 fully saturated rings. The third-order valence-corrected chi connectivity index (χ3v) is 6.47. The Bertz CT molecular complexity index is 1360. The second kappa shape index (κ2) is 10.1. The van der Waals surface area contributed by atoms with Gasteiger partial charge in [0.1, 0.15) is 6.61 Å². The Morgan fingerprint density at radius 2 is 1.50 bits per heavy atom. The van der Waals surface area contributed by atoms with Crippen LogP contribution in [0.2, 0.25) is 0 Å². The molecule has 1 aliphatic rings. The first-order chi connectivity index (χ1) is 17.5. The summed E-state index contributed by atoms with van der Waals surface area (Å²) in [7, 11) is 0. The number of anilines is 2. The summed E-state index contributed by atoms with van der Waals surface area (Å²) in [6, 6.07) is 34.1. The zero-order valence-electron chi connectivity index (χ0n) is 19.7. The SMILES string of the molecule is NC1(c2ccccc2)CC1c1ccc(NC(=O)c2cccc(NC(=O)OCc3ccccc3)c2)cc1. The van der Waals surface area contributed by atoms with Gasteiger partial charge in [-0.1, -0.05) is 78.9 Å². The molecular formula is C30H27N3O3. The molecule has 4 aromatic carbocycles. The Kier molecular flexibility index (Phi) is 6.52. The van der Waals surface area contributed by atoms with Crippen molar-refractivity contribution < 1.29 is 14.3 Å². The van der Waals surface area contributed by atoms with E-state index in [1.54, 1.807) is 24.3 Å². The van der Waals surface area contributed by atoms with Gasteiger partial charge in [0.25, 0.3) is 5.91 Å². The maximum Gasteiger partial charge on any atom is 0.411 e. The summed E-state index contributed by atoms with van der Waals surface area (Å²) in [4.78, 5) is 25.0. The highest BCUT2D eigenvalue weighted by Gasteiger charge is 2.52. The highest BCUT2D eigenvalue weighted by atomic mass is 16.5. The van der Waals surface area contributed by atoms with E-state index in [2.05, 4.69) is 22.8 Å². The molecule has 6 heteroatoms. The monoisotopic (exact) mass is 477 g/mol. The number of carbonyl (C=O) groups is 2. The lowest BCUT2D eigenvalue weighted by molar-refractivity contribution is 0.102. The Hall–Kier alpha value is -4.42. The van der Waals surface area contributed by atoms with Crippen molar-refractivity contribution in [2.45, 2.75) is 24.5 Å². The van der Waals surface area contributed by atoms with Crippen LogP contribution in [-0.2, 0) is 16.9 Å². The predicted molar refractivity (Wildman–Crippen MR) is 141 cm³/mol. The molecule has 180 valence electrons. The van der Waals surface area contributed by atoms with Crippen LogP contribution in [0.3, 0.4) is 0 Å². The van der Waals surface area contributed by atoms with Crippen LogP contribution >= 0.6 is 0 Å². The van der Waals surface area contributed by atoms with Crippen molar-refractivity contribution in [3.8, 4) is 0 Å². The van der Waals surface area contributed by atoms with E-state index in [1.165, 1.54) is 0 Å². The normalized spacial score (nSPS) is 18.2. The van der Waals surface area contributed by atoms with E-state index in [4.69, 9.17) is 10.5 Å². The van der Waals surface area contributed by atoms with Gasteiger partial charge in [0.05, 0.1) is 0 Å². The fourth-order valence-electron chi connectivity index (χ4n) is 4.38. The average molecular weight is 478 g/mol. The second-order valence-electron chi connectivity index (χ2n) is 9.01. The predicted octanol–water partition coefficient (Wildman–Crippen LogP) is 6.03. The van der Waals surface area contributed by atoms with Crippen LogP contribution in [0.5, 0.6) is 0 Å². The van der Waals surface area contributed by atoms with Crippen LogP contribution < -0.4 is 16.4 Å². The van der Waals surface area contributed by atoms with E-state index in [0.717, 1.165) is 23.1 Å². The quantitative estimate of drug-likeness (QED) is 0.303. The van der Waals surface area contributed by atoms with Gasteiger partial charge in [0.15, 0.2) is 0 Å². The first-order valence-corrected chi connectivity index (χ1v) is 11.8. The van der Waals surface area contributed by atoms with Crippen molar-refractivity contribution in [3.05, 3.63) is 131 Å². The van der Waals surface area contributed by atoms with Crippen LogP contribution in [0.25, 0.3) is 0 Å². The number of hydrogen-bond donors (Lipinski definition) is 3. The number of ether oxygens (including phenoxy) is 1. The Morgan fingerprint density at radius 1 is 0.806 bits per heavy atom. The van der Waals surface area contributed by atoms with E-state index >= 15 is 0 Å². The summed E-state index contributed by atoms with van der Waals surface area (Å²) >= 11 is 0. The van der Waals surface area contributed by atoms with Crippen LogP contribution in [0.1, 0.15) is 39.4 Å². The Labute approximate surface area is 210 Å². The zero-order valence-corrected chi connectivity index (χ0v) is 19.7. The molecule has 1 aliphatic carbocycles. The molecule has 1 saturated carbocycles. The van der Waals surface area contributed by atoms with Gasteiger partial charge in [-0.2, -0.15) is 0 Å². The lowest BCUT2D eigenvalue weighted by atomic mass is 9.99. The van der Waals surface area contributed by atoms with E-state index in [9.17, 15) is 9.59 Å². The molecule has 0 radical (unpaired) electrons. The minimum atomic E-state index is -0.585. The number of nitrogens with one attached hydrogen (secondary N) is 2. The van der Waals surface area contributed by atoms with Crippen molar-refractivity contribution in [1.29, 1.82) is 0 Å². The lowest BCUT2D eigenvalue weighted by Gasteiger charge is -2.13. The molecule has 0 aromatic heterocycles. The highest BCUT2D eigenvalue weighted by molar-refractivity contribution is 6.05. The summed E-state index contributed by atoms with van der Waals surface area (Å²) in [6.07, 6.45) is 0.314. The van der Waals surface area contributed by atoms with E-state index in [0.29, 0.717) is 16.9 Å². The number of amides is 2. The number of nitrogens with two attached hydrogens (primary N) is 1. The first kappa shape index (κ1) is 23.3. The van der Waals surface area contributed by atoms with Gasteiger partial charge in [-0.3, -0.25) is 10.1 Å². The largest absolute Gasteiger partial charge is 0.444 e. The van der Waals surface area contributed by atoms with Crippen LogP contribution in [0, 0.1) is 0 Å². The molecule has 0 heterocycles. The molecule has 4 aromatic rings. The van der Waals surface area contributed by atoms with Crippen LogP contribution in [0.15, 0.2) is 109 Å². The maximum atomic E-state index is 12.8. The highest BCUT2D eigenvalue weighted by Crippen LogP contribution is 2.56. The fourth-order valence-corrected chi connectivity index (χ4v) is 4.38. The topological polar surface area (TPSA) is 93.5 Å². The number of hydrogen-bond acceptors (Lipinski definition) is 4. The summed E-state index contributed by atoms with van der Waals surface area (Å²) in [5, 5.41) is 5.58. The smallest absolute Gasteiger partial charge is 0.411 e. The lowest BCUT2D eigenvalue weighted by Crippen LogP contribution is -2.21. The summed E-state index contributed by atoms with van der Waals surface area (Å²) < 4.78 is 5.25. The summed E-state index contributed by atoms with van der Waals surface area (Å²) in [5.74, 6) is -0.0120. The maximum absolute atomic E-state index is 12.8. The molecule has 4 N–H and O–H groups in total. The molecule has 6 nitrogen and oxygen atoms in total. The van der Waals surface area contributed by atoms with Crippen molar-refractivity contribution in [2.24, 2.45) is 5.73 Å². The van der Waals surface area contributed by atoms with Crippen LogP contribution in [-0.4, -0.2) is 12.0 Å². The third-order valence-electron chi connectivity index (χ3n) is 6.47. The molecule has 0 saturated heterocycles. The van der Waals surface area contributed by atoms with Gasteiger partial charge < -0.3 is 15.8 Å². The number of benzene rings is 4. The molecule has 0 bridgehead atoms. The molecular weight excluding hydrogens is 450 g/mol. The molecule has 0 spiro atoms. The fraction of sp³-hybridized carbons (Fsp3) is 0.133. The van der Waals surface area contributed by atoms with Gasteiger partial charge in [0.2, 0.25) is 0 Å². The number of carbonyl (C=O) groups excluding carboxylic acids is 2. The van der Waals surface area contributed by atoms with Crippen molar-refractivity contribution >= 4 is 23.4 Å². The second-order valence-corrected chi connectivity index (χ2v) is 9.01. The molecule has 36 heavy (non-hydrogen) atoms. The van der Waals surface area contributed by atoms with Gasteiger partial charge in [-0.05, 0) is 53.4 Å².